The maximum atomic E-state index is 12.6. The van der Waals surface area contributed by atoms with E-state index in [2.05, 4.69) is 15.2 Å². The molecule has 21 heavy (non-hydrogen) atoms. The highest BCUT2D eigenvalue weighted by Gasteiger charge is 2.32. The Bertz CT molecular complexity index is 715. The average Bonchev–Trinajstić information content (AvgIpc) is 2.95. The second-order valence-corrected chi connectivity index (χ2v) is 8.20. The third kappa shape index (κ3) is 2.97. The minimum absolute atomic E-state index is 0.136. The van der Waals surface area contributed by atoms with E-state index < -0.39 is 10.0 Å². The molecule has 6 nitrogen and oxygen atoms in total. The summed E-state index contributed by atoms with van der Waals surface area (Å²) in [6, 6.07) is 3.23. The molecule has 3 rings (SSSR count). The lowest BCUT2D eigenvalue weighted by molar-refractivity contribution is 0.314. The first-order valence-corrected chi connectivity index (χ1v) is 9.03. The molecular weight excluding hydrogens is 308 g/mol. The van der Waals surface area contributed by atoms with E-state index >= 15 is 0 Å². The highest BCUT2D eigenvalue weighted by molar-refractivity contribution is 7.89. The number of pyridine rings is 1. The summed E-state index contributed by atoms with van der Waals surface area (Å²) in [5.74, 6) is 0.136. The topological polar surface area (TPSA) is 76.1 Å². The standard InChI is InChI=1S/C13H16N4O2S2/c1-10-15-16-13(20-10)11-4-3-7-17(9-11)21(18,19)12-5-2-6-14-8-12/h2,5-6,8,11H,3-4,7,9H2,1H3/t11-/m1/s1. The van der Waals surface area contributed by atoms with Gasteiger partial charge in [-0.3, -0.25) is 4.98 Å². The summed E-state index contributed by atoms with van der Waals surface area (Å²) < 4.78 is 26.8. The third-order valence-electron chi connectivity index (χ3n) is 3.55. The monoisotopic (exact) mass is 324 g/mol. The van der Waals surface area contributed by atoms with Crippen LogP contribution in [0.5, 0.6) is 0 Å². The van der Waals surface area contributed by atoms with Gasteiger partial charge in [-0.05, 0) is 31.9 Å². The molecule has 2 aromatic heterocycles. The zero-order valence-corrected chi connectivity index (χ0v) is 13.3. The molecule has 1 atom stereocenters. The summed E-state index contributed by atoms with van der Waals surface area (Å²) in [7, 11) is -3.47. The van der Waals surface area contributed by atoms with E-state index in [0.29, 0.717) is 13.1 Å². The van der Waals surface area contributed by atoms with E-state index in [-0.39, 0.29) is 10.8 Å². The van der Waals surface area contributed by atoms with Crippen LogP contribution in [0.1, 0.15) is 28.8 Å². The van der Waals surface area contributed by atoms with Crippen LogP contribution in [-0.4, -0.2) is 41.0 Å². The molecule has 0 aliphatic carbocycles. The molecule has 0 radical (unpaired) electrons. The van der Waals surface area contributed by atoms with Crippen molar-refractivity contribution in [3.63, 3.8) is 0 Å². The molecule has 1 aliphatic heterocycles. The van der Waals surface area contributed by atoms with Crippen LogP contribution in [0.15, 0.2) is 29.4 Å². The second kappa shape index (κ2) is 5.78. The molecule has 1 fully saturated rings. The van der Waals surface area contributed by atoms with Crippen molar-refractivity contribution in [2.75, 3.05) is 13.1 Å². The fourth-order valence-corrected chi connectivity index (χ4v) is 4.80. The molecule has 0 spiro atoms. The lowest BCUT2D eigenvalue weighted by Crippen LogP contribution is -2.39. The van der Waals surface area contributed by atoms with Gasteiger partial charge >= 0.3 is 0 Å². The molecular formula is C13H16N4O2S2. The lowest BCUT2D eigenvalue weighted by atomic mass is 10.0. The van der Waals surface area contributed by atoms with Gasteiger partial charge in [0.25, 0.3) is 0 Å². The van der Waals surface area contributed by atoms with Gasteiger partial charge in [0.05, 0.1) is 0 Å². The molecule has 0 N–H and O–H groups in total. The molecule has 0 saturated carbocycles. The Hall–Kier alpha value is -1.38. The Morgan fingerprint density at radius 1 is 1.38 bits per heavy atom. The van der Waals surface area contributed by atoms with Gasteiger partial charge in [-0.25, -0.2) is 8.42 Å². The third-order valence-corrected chi connectivity index (χ3v) is 6.40. The van der Waals surface area contributed by atoms with E-state index in [1.165, 1.54) is 10.5 Å². The molecule has 1 saturated heterocycles. The Morgan fingerprint density at radius 2 is 2.24 bits per heavy atom. The van der Waals surface area contributed by atoms with Crippen LogP contribution < -0.4 is 0 Å². The number of aryl methyl sites for hydroxylation is 1. The van der Waals surface area contributed by atoms with E-state index in [1.807, 2.05) is 6.92 Å². The van der Waals surface area contributed by atoms with Crippen LogP contribution in [0.2, 0.25) is 0 Å². The minimum atomic E-state index is -3.47. The van der Waals surface area contributed by atoms with E-state index in [9.17, 15) is 8.42 Å². The first-order chi connectivity index (χ1) is 10.1. The Balaban J connectivity index is 1.83. The summed E-state index contributed by atoms with van der Waals surface area (Å²) in [6.45, 7) is 2.92. The number of hydrogen-bond acceptors (Lipinski definition) is 6. The number of rotatable bonds is 3. The van der Waals surface area contributed by atoms with Crippen molar-refractivity contribution < 1.29 is 8.42 Å². The van der Waals surface area contributed by atoms with Crippen molar-refractivity contribution in [1.29, 1.82) is 0 Å². The van der Waals surface area contributed by atoms with Gasteiger partial charge in [-0.1, -0.05) is 0 Å². The van der Waals surface area contributed by atoms with Crippen LogP contribution in [0, 0.1) is 6.92 Å². The molecule has 0 aromatic carbocycles. The fourth-order valence-electron chi connectivity index (χ4n) is 2.49. The maximum Gasteiger partial charge on any atom is 0.244 e. The van der Waals surface area contributed by atoms with Gasteiger partial charge in [-0.2, -0.15) is 4.31 Å². The fraction of sp³-hybridized carbons (Fsp3) is 0.462. The second-order valence-electron chi connectivity index (χ2n) is 5.05. The zero-order chi connectivity index (χ0) is 14.9. The lowest BCUT2D eigenvalue weighted by Gasteiger charge is -2.30. The quantitative estimate of drug-likeness (QED) is 0.860. The Kier molecular flexibility index (Phi) is 4.01. The molecule has 3 heterocycles. The van der Waals surface area contributed by atoms with Crippen molar-refractivity contribution in [3.8, 4) is 0 Å². The summed E-state index contributed by atoms with van der Waals surface area (Å²) >= 11 is 1.55. The van der Waals surface area contributed by atoms with Crippen LogP contribution in [0.4, 0.5) is 0 Å². The van der Waals surface area contributed by atoms with E-state index in [4.69, 9.17) is 0 Å². The van der Waals surface area contributed by atoms with Crippen molar-refractivity contribution >= 4 is 21.4 Å². The average molecular weight is 324 g/mol. The number of hydrogen-bond donors (Lipinski definition) is 0. The molecule has 1 aliphatic rings. The van der Waals surface area contributed by atoms with Gasteiger partial charge in [0.1, 0.15) is 14.9 Å². The molecule has 0 amide bonds. The summed E-state index contributed by atoms with van der Waals surface area (Å²) in [5.41, 5.74) is 0. The summed E-state index contributed by atoms with van der Waals surface area (Å²) in [4.78, 5) is 4.15. The number of piperidine rings is 1. The van der Waals surface area contributed by atoms with Gasteiger partial charge in [0.2, 0.25) is 10.0 Å². The van der Waals surface area contributed by atoms with Gasteiger partial charge < -0.3 is 0 Å². The highest BCUT2D eigenvalue weighted by atomic mass is 32.2. The highest BCUT2D eigenvalue weighted by Crippen LogP contribution is 2.31. The smallest absolute Gasteiger partial charge is 0.244 e. The van der Waals surface area contributed by atoms with Crippen LogP contribution in [0.3, 0.4) is 0 Å². The Morgan fingerprint density at radius 3 is 2.90 bits per heavy atom. The van der Waals surface area contributed by atoms with Crippen LogP contribution in [-0.2, 0) is 10.0 Å². The van der Waals surface area contributed by atoms with Crippen LogP contribution in [0.25, 0.3) is 0 Å². The molecule has 0 unspecified atom stereocenters. The van der Waals surface area contributed by atoms with Crippen molar-refractivity contribution in [1.82, 2.24) is 19.5 Å². The summed E-state index contributed by atoms with van der Waals surface area (Å²) in [6.07, 6.45) is 4.76. The number of nitrogens with zero attached hydrogens (tertiary/aromatic N) is 4. The molecule has 112 valence electrons. The minimum Gasteiger partial charge on any atom is -0.263 e. The van der Waals surface area contributed by atoms with Crippen molar-refractivity contribution in [2.24, 2.45) is 0 Å². The predicted octanol–water partition coefficient (Wildman–Crippen LogP) is 1.81. The van der Waals surface area contributed by atoms with Gasteiger partial charge in [-0.15, -0.1) is 21.5 Å². The number of sulfonamides is 1. The van der Waals surface area contributed by atoms with E-state index in [1.54, 1.807) is 29.7 Å². The SMILES string of the molecule is Cc1nnc([C@@H]2CCCN(S(=O)(=O)c3cccnc3)C2)s1. The van der Waals surface area contributed by atoms with Crippen molar-refractivity contribution in [2.45, 2.75) is 30.6 Å². The van der Waals surface area contributed by atoms with Gasteiger partial charge in [0.15, 0.2) is 0 Å². The van der Waals surface area contributed by atoms with E-state index in [0.717, 1.165) is 22.9 Å². The van der Waals surface area contributed by atoms with Crippen LogP contribution >= 0.6 is 11.3 Å². The summed E-state index contributed by atoms with van der Waals surface area (Å²) in [5, 5.41) is 10.0. The normalized spacial score (nSPS) is 20.5. The molecule has 8 heteroatoms. The molecule has 0 bridgehead atoms. The number of aromatic nitrogens is 3. The van der Waals surface area contributed by atoms with Gasteiger partial charge in [0, 0.05) is 31.4 Å². The Labute approximate surface area is 127 Å². The zero-order valence-electron chi connectivity index (χ0n) is 11.6. The first-order valence-electron chi connectivity index (χ1n) is 6.77. The largest absolute Gasteiger partial charge is 0.263 e. The first kappa shape index (κ1) is 14.6. The molecule has 2 aromatic rings. The van der Waals surface area contributed by atoms with Crippen molar-refractivity contribution in [3.05, 3.63) is 34.5 Å². The maximum absolute atomic E-state index is 12.6. The predicted molar refractivity (Wildman–Crippen MR) is 79.6 cm³/mol.